The van der Waals surface area contributed by atoms with E-state index >= 15 is 0 Å². The normalized spacial score (nSPS) is 10.6. The van der Waals surface area contributed by atoms with Crippen LogP contribution in [0.1, 0.15) is 31.9 Å². The number of hydrogen-bond donors (Lipinski definition) is 0. The fraction of sp³-hybridized carbons (Fsp3) is 0.385. The van der Waals surface area contributed by atoms with Gasteiger partial charge in [0, 0.05) is 0 Å². The van der Waals surface area contributed by atoms with E-state index in [4.69, 9.17) is 10.3 Å². The molecule has 4 heteroatoms. The Labute approximate surface area is 101 Å². The average Bonchev–Trinajstić information content (AvgIpc) is 2.19. The molecule has 1 aromatic rings. The standard InChI is InChI=1S/C13H16N2O2/c1-9-5-7-10(8-6-9)11(15-14)12(16)17-13(2,3)4/h5-8H,1-4H3. The molecule has 90 valence electrons. The SMILES string of the molecule is Cc1ccc(C(=[N+]=[N-])C(=O)OC(C)(C)C)cc1. The van der Waals surface area contributed by atoms with Crippen LogP contribution in [-0.4, -0.2) is 22.1 Å². The maximum absolute atomic E-state index is 11.8. The minimum atomic E-state index is -0.635. The number of rotatable bonds is 2. The predicted octanol–water partition coefficient (Wildman–Crippen LogP) is 2.36. The zero-order valence-electron chi connectivity index (χ0n) is 10.5. The smallest absolute Gasteiger partial charge is 0.422 e. The molecule has 0 bridgehead atoms. The minimum Gasteiger partial charge on any atom is -0.451 e. The fourth-order valence-electron chi connectivity index (χ4n) is 1.25. The van der Waals surface area contributed by atoms with Crippen molar-refractivity contribution in [2.24, 2.45) is 0 Å². The van der Waals surface area contributed by atoms with Crippen molar-refractivity contribution >= 4 is 11.7 Å². The lowest BCUT2D eigenvalue weighted by Gasteiger charge is -2.17. The van der Waals surface area contributed by atoms with Gasteiger partial charge >= 0.3 is 11.7 Å². The molecule has 1 aromatic carbocycles. The van der Waals surface area contributed by atoms with Gasteiger partial charge in [0.1, 0.15) is 5.60 Å². The molecule has 0 atom stereocenters. The molecular weight excluding hydrogens is 216 g/mol. The predicted molar refractivity (Wildman–Crippen MR) is 64.8 cm³/mol. The molecule has 0 heterocycles. The van der Waals surface area contributed by atoms with Crippen LogP contribution in [0.4, 0.5) is 0 Å². The number of aryl methyl sites for hydroxylation is 1. The van der Waals surface area contributed by atoms with Crippen molar-refractivity contribution in [2.75, 3.05) is 0 Å². The summed E-state index contributed by atoms with van der Waals surface area (Å²) < 4.78 is 5.15. The highest BCUT2D eigenvalue weighted by Crippen LogP contribution is 2.10. The Bertz CT molecular complexity index is 463. The summed E-state index contributed by atoms with van der Waals surface area (Å²) in [6.07, 6.45) is 0. The summed E-state index contributed by atoms with van der Waals surface area (Å²) in [5.74, 6) is -0.635. The third-order valence-corrected chi connectivity index (χ3v) is 2.02. The van der Waals surface area contributed by atoms with E-state index in [9.17, 15) is 4.79 Å². The number of nitrogens with zero attached hydrogens (tertiary/aromatic N) is 2. The summed E-state index contributed by atoms with van der Waals surface area (Å²) in [6, 6.07) is 7.11. The van der Waals surface area contributed by atoms with Gasteiger partial charge in [0.15, 0.2) is 0 Å². The summed E-state index contributed by atoms with van der Waals surface area (Å²) in [6.45, 7) is 7.21. The van der Waals surface area contributed by atoms with Crippen molar-refractivity contribution in [2.45, 2.75) is 33.3 Å². The number of carbonyl (C=O) groups is 1. The molecule has 0 aromatic heterocycles. The highest BCUT2D eigenvalue weighted by Gasteiger charge is 2.28. The molecule has 0 amide bonds. The average molecular weight is 232 g/mol. The molecule has 0 unspecified atom stereocenters. The zero-order chi connectivity index (χ0) is 13.1. The monoisotopic (exact) mass is 232 g/mol. The molecule has 17 heavy (non-hydrogen) atoms. The molecule has 0 N–H and O–H groups in total. The van der Waals surface area contributed by atoms with E-state index in [-0.39, 0.29) is 5.71 Å². The third kappa shape index (κ3) is 3.85. The van der Waals surface area contributed by atoms with Gasteiger partial charge in [0.05, 0.1) is 5.56 Å². The quantitative estimate of drug-likeness (QED) is 0.340. The van der Waals surface area contributed by atoms with E-state index in [1.165, 1.54) is 0 Å². The molecule has 0 radical (unpaired) electrons. The number of benzene rings is 1. The summed E-state index contributed by atoms with van der Waals surface area (Å²) in [5, 5.41) is 0. The lowest BCUT2D eigenvalue weighted by molar-refractivity contribution is -0.150. The van der Waals surface area contributed by atoms with Crippen LogP contribution in [0.25, 0.3) is 5.53 Å². The summed E-state index contributed by atoms with van der Waals surface area (Å²) in [7, 11) is 0. The molecular formula is C13H16N2O2. The first-order valence-corrected chi connectivity index (χ1v) is 5.36. The van der Waals surface area contributed by atoms with Crippen molar-refractivity contribution in [3.8, 4) is 0 Å². The highest BCUT2D eigenvalue weighted by molar-refractivity contribution is 6.40. The van der Waals surface area contributed by atoms with Crippen LogP contribution in [0.2, 0.25) is 0 Å². The molecule has 0 saturated heterocycles. The highest BCUT2D eigenvalue weighted by atomic mass is 16.6. The molecule has 0 saturated carbocycles. The van der Waals surface area contributed by atoms with Crippen molar-refractivity contribution in [3.63, 3.8) is 0 Å². The first-order valence-electron chi connectivity index (χ1n) is 5.36. The van der Waals surface area contributed by atoms with Gasteiger partial charge in [0.2, 0.25) is 0 Å². The van der Waals surface area contributed by atoms with Gasteiger partial charge in [-0.25, -0.2) is 4.79 Å². The van der Waals surface area contributed by atoms with Crippen LogP contribution in [0.5, 0.6) is 0 Å². The van der Waals surface area contributed by atoms with Gasteiger partial charge in [-0.05, 0) is 39.8 Å². The Kier molecular flexibility index (Phi) is 3.81. The van der Waals surface area contributed by atoms with E-state index in [0.29, 0.717) is 5.56 Å². The Morgan fingerprint density at radius 2 is 1.76 bits per heavy atom. The van der Waals surface area contributed by atoms with Crippen LogP contribution < -0.4 is 0 Å². The molecule has 0 fully saturated rings. The third-order valence-electron chi connectivity index (χ3n) is 2.02. The van der Waals surface area contributed by atoms with Crippen LogP contribution in [0, 0.1) is 6.92 Å². The summed E-state index contributed by atoms with van der Waals surface area (Å²) in [5.41, 5.74) is 9.81. The van der Waals surface area contributed by atoms with Crippen molar-refractivity contribution in [3.05, 3.63) is 40.9 Å². The van der Waals surface area contributed by atoms with Crippen molar-refractivity contribution in [1.82, 2.24) is 0 Å². The summed E-state index contributed by atoms with van der Waals surface area (Å²) >= 11 is 0. The van der Waals surface area contributed by atoms with Gasteiger partial charge in [-0.2, -0.15) is 4.79 Å². The van der Waals surface area contributed by atoms with Gasteiger partial charge in [-0.3, -0.25) is 0 Å². The number of hydrogen-bond acceptors (Lipinski definition) is 2. The lowest BCUT2D eigenvalue weighted by atomic mass is 10.1. The Morgan fingerprint density at radius 3 is 2.18 bits per heavy atom. The van der Waals surface area contributed by atoms with Crippen molar-refractivity contribution < 1.29 is 14.3 Å². The Hall–Kier alpha value is -1.93. The van der Waals surface area contributed by atoms with Crippen LogP contribution in [0.3, 0.4) is 0 Å². The van der Waals surface area contributed by atoms with E-state index in [2.05, 4.69) is 4.79 Å². The second-order valence-corrected chi connectivity index (χ2v) is 4.82. The number of esters is 1. The molecule has 0 aliphatic carbocycles. The van der Waals surface area contributed by atoms with Crippen LogP contribution in [-0.2, 0) is 9.53 Å². The lowest BCUT2D eigenvalue weighted by Crippen LogP contribution is -2.30. The first kappa shape index (κ1) is 13.1. The molecule has 1 rings (SSSR count). The number of ether oxygens (including phenoxy) is 1. The van der Waals surface area contributed by atoms with E-state index in [1.54, 1.807) is 32.9 Å². The molecule has 0 aliphatic heterocycles. The van der Waals surface area contributed by atoms with Gasteiger partial charge < -0.3 is 10.3 Å². The van der Waals surface area contributed by atoms with Crippen LogP contribution in [0.15, 0.2) is 24.3 Å². The summed E-state index contributed by atoms with van der Waals surface area (Å²) in [4.78, 5) is 14.8. The maximum atomic E-state index is 11.8. The van der Waals surface area contributed by atoms with Gasteiger partial charge in [0.25, 0.3) is 0 Å². The molecule has 4 nitrogen and oxygen atoms in total. The first-order chi connectivity index (χ1) is 7.83. The topological polar surface area (TPSA) is 62.7 Å². The second-order valence-electron chi connectivity index (χ2n) is 4.82. The van der Waals surface area contributed by atoms with Gasteiger partial charge in [-0.15, -0.1) is 0 Å². The Balaban J connectivity index is 2.98. The van der Waals surface area contributed by atoms with E-state index in [1.807, 2.05) is 19.1 Å². The van der Waals surface area contributed by atoms with Gasteiger partial charge in [-0.1, -0.05) is 17.7 Å². The van der Waals surface area contributed by atoms with E-state index < -0.39 is 11.6 Å². The minimum absolute atomic E-state index is 0.0834. The Morgan fingerprint density at radius 1 is 1.24 bits per heavy atom. The fourth-order valence-corrected chi connectivity index (χ4v) is 1.25. The zero-order valence-corrected chi connectivity index (χ0v) is 10.5. The van der Waals surface area contributed by atoms with Crippen LogP contribution >= 0.6 is 0 Å². The number of carbonyl (C=O) groups excluding carboxylic acids is 1. The second kappa shape index (κ2) is 4.93. The largest absolute Gasteiger partial charge is 0.451 e. The van der Waals surface area contributed by atoms with E-state index in [0.717, 1.165) is 5.56 Å². The maximum Gasteiger partial charge on any atom is 0.422 e. The van der Waals surface area contributed by atoms with Crippen molar-refractivity contribution in [1.29, 1.82) is 0 Å². The molecule has 0 aliphatic rings. The molecule has 0 spiro atoms.